The van der Waals surface area contributed by atoms with Gasteiger partial charge in [0.1, 0.15) is 5.75 Å². The number of nitrogens with two attached hydrogens (primary N) is 1. The minimum Gasteiger partial charge on any atom is -0.507 e. The molecule has 0 bridgehead atoms. The zero-order valence-corrected chi connectivity index (χ0v) is 23.8. The molecule has 226 valence electrons. The summed E-state index contributed by atoms with van der Waals surface area (Å²) >= 11 is 0. The zero-order valence-electron chi connectivity index (χ0n) is 23.8. The predicted octanol–water partition coefficient (Wildman–Crippen LogP) is 2.12. The number of aliphatic hydroxyl groups is 1. The Kier molecular flexibility index (Phi) is 6.84. The first-order valence-electron chi connectivity index (χ1n) is 14.2. The molecule has 2 amide bonds. The number of carbonyl (C=O) groups excluding carboxylic acids is 6. The highest BCUT2D eigenvalue weighted by molar-refractivity contribution is 6.32. The van der Waals surface area contributed by atoms with Gasteiger partial charge in [-0.05, 0) is 59.6 Å². The highest BCUT2D eigenvalue weighted by Crippen LogP contribution is 2.53. The van der Waals surface area contributed by atoms with E-state index in [1.54, 1.807) is 44.2 Å². The fourth-order valence-electron chi connectivity index (χ4n) is 7.38. The number of hydrogen-bond donors (Lipinski definition) is 4. The first-order valence-corrected chi connectivity index (χ1v) is 14.2. The maximum atomic E-state index is 14.0. The van der Waals surface area contributed by atoms with Crippen molar-refractivity contribution in [1.29, 1.82) is 0 Å². The molecule has 3 aliphatic rings. The van der Waals surface area contributed by atoms with Crippen molar-refractivity contribution in [3.05, 3.63) is 65.5 Å². The van der Waals surface area contributed by atoms with Crippen molar-refractivity contribution in [2.75, 3.05) is 5.32 Å². The molecule has 44 heavy (non-hydrogen) atoms. The van der Waals surface area contributed by atoms with Crippen LogP contribution in [0.15, 0.2) is 53.2 Å². The number of primary amides is 1. The number of anilines is 1. The summed E-state index contributed by atoms with van der Waals surface area (Å²) in [4.78, 5) is 79.1. The second-order valence-electron chi connectivity index (χ2n) is 12.0. The highest BCUT2D eigenvalue weighted by Gasteiger charge is 2.69. The molecule has 5 N–H and O–H groups in total. The van der Waals surface area contributed by atoms with E-state index in [1.165, 1.54) is 18.3 Å². The summed E-state index contributed by atoms with van der Waals surface area (Å²) < 4.78 is 4.87. The summed E-state index contributed by atoms with van der Waals surface area (Å²) in [6.07, 6.45) is 1.48. The van der Waals surface area contributed by atoms with Gasteiger partial charge in [0.15, 0.2) is 34.7 Å². The molecule has 12 nitrogen and oxygen atoms in total. The minimum atomic E-state index is -2.74. The molecule has 6 atom stereocenters. The fraction of sp³-hybridized carbons (Fsp3) is 0.344. The van der Waals surface area contributed by atoms with Gasteiger partial charge in [-0.1, -0.05) is 37.2 Å². The third kappa shape index (κ3) is 4.20. The first kappa shape index (κ1) is 29.1. The lowest BCUT2D eigenvalue weighted by Gasteiger charge is -2.52. The number of phenols is 1. The highest BCUT2D eigenvalue weighted by atomic mass is 16.5. The van der Waals surface area contributed by atoms with E-state index >= 15 is 0 Å². The van der Waals surface area contributed by atoms with E-state index in [0.717, 1.165) is 0 Å². The third-order valence-electron chi connectivity index (χ3n) is 9.31. The van der Waals surface area contributed by atoms with Crippen LogP contribution in [-0.4, -0.2) is 55.9 Å². The number of phenolic OH excluding ortho intramolecular Hbond substituents is 1. The SMILES string of the molecule is CC(C)[C@@H]1C(=O)C(C(N)=O)C(=O)[C@@]2(O)C(=O)C3C(=O)c4c(O)ccc(-c5ccc(NC(=O)c6ccno6)cc5)c4C[C@H]3C[C@@H]12. The van der Waals surface area contributed by atoms with Gasteiger partial charge >= 0.3 is 0 Å². The molecule has 12 heteroatoms. The van der Waals surface area contributed by atoms with Crippen LogP contribution >= 0.6 is 0 Å². The Morgan fingerprint density at radius 1 is 1.05 bits per heavy atom. The van der Waals surface area contributed by atoms with Gasteiger partial charge in [-0.15, -0.1) is 0 Å². The molecule has 1 heterocycles. The lowest BCUT2D eigenvalue weighted by molar-refractivity contribution is -0.182. The normalized spacial score (nSPS) is 27.9. The van der Waals surface area contributed by atoms with E-state index in [1.807, 2.05) is 0 Å². The molecule has 1 aromatic heterocycles. The number of Topliss-reactive ketones (excluding diaryl/α,β-unsaturated/α-hetero) is 4. The van der Waals surface area contributed by atoms with Crippen LogP contribution in [0.1, 0.15) is 46.7 Å². The summed E-state index contributed by atoms with van der Waals surface area (Å²) in [5, 5.41) is 28.7. The molecule has 0 radical (unpaired) electrons. The van der Waals surface area contributed by atoms with Gasteiger partial charge < -0.3 is 25.8 Å². The molecule has 3 aromatic rings. The van der Waals surface area contributed by atoms with Crippen molar-refractivity contribution in [3.8, 4) is 16.9 Å². The summed E-state index contributed by atoms with van der Waals surface area (Å²) in [7, 11) is 0. The van der Waals surface area contributed by atoms with Crippen molar-refractivity contribution in [3.63, 3.8) is 0 Å². The summed E-state index contributed by atoms with van der Waals surface area (Å²) in [6.45, 7) is 3.39. The molecule has 0 spiro atoms. The Labute approximate surface area is 250 Å². The maximum Gasteiger partial charge on any atom is 0.294 e. The van der Waals surface area contributed by atoms with E-state index in [0.29, 0.717) is 22.4 Å². The van der Waals surface area contributed by atoms with Crippen LogP contribution in [0.2, 0.25) is 0 Å². The number of nitrogens with zero attached hydrogens (tertiary/aromatic N) is 1. The molecular weight excluding hydrogens is 570 g/mol. The van der Waals surface area contributed by atoms with Gasteiger partial charge in [0.25, 0.3) is 5.91 Å². The van der Waals surface area contributed by atoms with Crippen molar-refractivity contribution in [2.45, 2.75) is 32.3 Å². The topological polar surface area (TPSA) is 207 Å². The zero-order chi connectivity index (χ0) is 31.7. The molecule has 2 unspecified atom stereocenters. The molecule has 0 saturated heterocycles. The number of fused-ring (bicyclic) bond motifs is 3. The molecule has 2 aromatic carbocycles. The minimum absolute atomic E-state index is 0.00834. The molecule has 0 aliphatic heterocycles. The summed E-state index contributed by atoms with van der Waals surface area (Å²) in [6, 6.07) is 11.2. The van der Waals surface area contributed by atoms with Crippen LogP contribution in [0.5, 0.6) is 5.75 Å². The van der Waals surface area contributed by atoms with Crippen molar-refractivity contribution >= 4 is 40.6 Å². The number of benzene rings is 2. The number of hydrogen-bond acceptors (Lipinski definition) is 10. The first-order chi connectivity index (χ1) is 20.9. The lowest BCUT2D eigenvalue weighted by Crippen LogP contribution is -2.71. The lowest BCUT2D eigenvalue weighted by atomic mass is 9.49. The Balaban J connectivity index is 1.38. The monoisotopic (exact) mass is 599 g/mol. The number of ketones is 4. The molecule has 6 rings (SSSR count). The van der Waals surface area contributed by atoms with Gasteiger partial charge in [0.2, 0.25) is 11.7 Å². The molecule has 2 saturated carbocycles. The summed E-state index contributed by atoms with van der Waals surface area (Å²) in [5.41, 5.74) is 4.77. The summed E-state index contributed by atoms with van der Waals surface area (Å²) in [5.74, 6) is -12.6. The second kappa shape index (κ2) is 10.3. The van der Waals surface area contributed by atoms with Crippen LogP contribution in [0.25, 0.3) is 11.1 Å². The second-order valence-corrected chi connectivity index (χ2v) is 12.0. The maximum absolute atomic E-state index is 14.0. The van der Waals surface area contributed by atoms with Crippen molar-refractivity contribution in [2.24, 2.45) is 41.2 Å². The Hall–Kier alpha value is -4.97. The Morgan fingerprint density at radius 2 is 1.75 bits per heavy atom. The van der Waals surface area contributed by atoms with Crippen LogP contribution in [0.3, 0.4) is 0 Å². The largest absolute Gasteiger partial charge is 0.507 e. The smallest absolute Gasteiger partial charge is 0.294 e. The van der Waals surface area contributed by atoms with Gasteiger partial charge in [0.05, 0.1) is 17.7 Å². The Morgan fingerprint density at radius 3 is 2.36 bits per heavy atom. The number of carbonyl (C=O) groups is 6. The van der Waals surface area contributed by atoms with Gasteiger partial charge in [-0.3, -0.25) is 28.8 Å². The molecule has 3 aliphatic carbocycles. The Bertz CT molecular complexity index is 1740. The quantitative estimate of drug-likeness (QED) is 0.314. The number of aromatic hydroxyl groups is 1. The average molecular weight is 600 g/mol. The predicted molar refractivity (Wildman–Crippen MR) is 152 cm³/mol. The van der Waals surface area contributed by atoms with Crippen LogP contribution < -0.4 is 11.1 Å². The van der Waals surface area contributed by atoms with Gasteiger partial charge in [-0.2, -0.15) is 0 Å². The van der Waals surface area contributed by atoms with E-state index in [2.05, 4.69) is 10.5 Å². The van der Waals surface area contributed by atoms with Crippen LogP contribution in [0, 0.1) is 35.5 Å². The molecular formula is C32H29N3O9. The molecule has 2 fully saturated rings. The number of rotatable bonds is 5. The third-order valence-corrected chi connectivity index (χ3v) is 9.31. The number of amides is 2. The van der Waals surface area contributed by atoms with Crippen molar-refractivity contribution in [1.82, 2.24) is 5.16 Å². The van der Waals surface area contributed by atoms with E-state index in [9.17, 15) is 39.0 Å². The van der Waals surface area contributed by atoms with E-state index in [4.69, 9.17) is 10.3 Å². The average Bonchev–Trinajstić information content (AvgIpc) is 3.51. The fourth-order valence-corrected chi connectivity index (χ4v) is 7.38. The van der Waals surface area contributed by atoms with Crippen LogP contribution in [-0.2, 0) is 25.6 Å². The van der Waals surface area contributed by atoms with Crippen LogP contribution in [0.4, 0.5) is 5.69 Å². The van der Waals surface area contributed by atoms with Gasteiger partial charge in [-0.25, -0.2) is 0 Å². The standard InChI is InChI=1S/C32H29N3O9/c1-13(2)22-19-12-15-11-18-17(14-3-5-16(6-4-14)35-31(42)21-9-10-34-44-21)7-8-20(36)24(18)27(38)23(15)28(39)32(19,43)29(40)25(26(22)37)30(33)41/h3-10,13,15,19,22-23,25,36,43H,11-12H2,1-2H3,(H2,33,41)(H,35,42)/t15-,19-,22-,23?,25?,32-/m0/s1. The van der Waals surface area contributed by atoms with Gasteiger partial charge in [0, 0.05) is 23.6 Å². The number of nitrogens with one attached hydrogen (secondary N) is 1. The van der Waals surface area contributed by atoms with E-state index < -0.39 is 76.1 Å². The number of aromatic nitrogens is 1. The van der Waals surface area contributed by atoms with E-state index in [-0.39, 0.29) is 29.9 Å². The van der Waals surface area contributed by atoms with Crippen molar-refractivity contribution < 1.29 is 43.5 Å².